The highest BCUT2D eigenvalue weighted by atomic mass is 16.6. The Morgan fingerprint density at radius 2 is 1.45 bits per heavy atom. The molecule has 184 valence electrons. The second kappa shape index (κ2) is 14.3. The first-order valence-corrected chi connectivity index (χ1v) is 11.2. The molecule has 2 atom stereocenters. The number of carbonyl (C=O) groups excluding carboxylic acids is 4. The molecule has 1 aromatic carbocycles. The molecule has 1 aromatic rings. The van der Waals surface area contributed by atoms with Crippen LogP contribution >= 0.6 is 0 Å². The Hall–Kier alpha value is -2.94. The predicted molar refractivity (Wildman–Crippen MR) is 121 cm³/mol. The van der Waals surface area contributed by atoms with E-state index in [1.165, 1.54) is 12.1 Å². The van der Waals surface area contributed by atoms with E-state index < -0.39 is 30.1 Å². The number of carbonyl (C=O) groups is 4. The Morgan fingerprint density at radius 1 is 0.879 bits per heavy atom. The summed E-state index contributed by atoms with van der Waals surface area (Å²) >= 11 is 0. The van der Waals surface area contributed by atoms with Crippen LogP contribution in [0.5, 0.6) is 11.5 Å². The van der Waals surface area contributed by atoms with Crippen molar-refractivity contribution >= 4 is 23.9 Å². The fraction of sp³-hybridized carbons (Fsp3) is 0.583. The van der Waals surface area contributed by atoms with Crippen LogP contribution < -0.4 is 15.2 Å². The SMILES string of the molecule is CCCC(=O)Oc1ccc(C[C@H](N)C(=O)O[C@@H](C)COC(=O)C(C)C)cc1OC(=O)CCC. The van der Waals surface area contributed by atoms with Gasteiger partial charge in [0, 0.05) is 12.8 Å². The van der Waals surface area contributed by atoms with Crippen LogP contribution in [0.15, 0.2) is 18.2 Å². The summed E-state index contributed by atoms with van der Waals surface area (Å²) in [4.78, 5) is 47.7. The van der Waals surface area contributed by atoms with E-state index in [0.29, 0.717) is 18.4 Å². The van der Waals surface area contributed by atoms with Crippen molar-refractivity contribution < 1.29 is 38.1 Å². The molecular formula is C24H35NO8. The third kappa shape index (κ3) is 10.5. The van der Waals surface area contributed by atoms with Crippen LogP contribution in [0.25, 0.3) is 0 Å². The van der Waals surface area contributed by atoms with Crippen molar-refractivity contribution in [1.82, 2.24) is 0 Å². The van der Waals surface area contributed by atoms with Crippen LogP contribution in [-0.2, 0) is 35.1 Å². The largest absolute Gasteiger partial charge is 0.462 e. The van der Waals surface area contributed by atoms with Gasteiger partial charge in [-0.15, -0.1) is 0 Å². The molecular weight excluding hydrogens is 430 g/mol. The first-order chi connectivity index (χ1) is 15.6. The van der Waals surface area contributed by atoms with Gasteiger partial charge >= 0.3 is 23.9 Å². The molecule has 0 amide bonds. The van der Waals surface area contributed by atoms with E-state index in [9.17, 15) is 19.2 Å². The van der Waals surface area contributed by atoms with Gasteiger partial charge in [0.2, 0.25) is 0 Å². The molecule has 2 N–H and O–H groups in total. The summed E-state index contributed by atoms with van der Waals surface area (Å²) in [6.07, 6.45) is 1.10. The first kappa shape index (κ1) is 28.1. The van der Waals surface area contributed by atoms with E-state index in [2.05, 4.69) is 0 Å². The maximum atomic E-state index is 12.3. The molecule has 0 aliphatic heterocycles. The summed E-state index contributed by atoms with van der Waals surface area (Å²) in [5.74, 6) is -2.01. The zero-order chi connectivity index (χ0) is 25.0. The van der Waals surface area contributed by atoms with Gasteiger partial charge in [0.25, 0.3) is 0 Å². The molecule has 0 radical (unpaired) electrons. The third-order valence-corrected chi connectivity index (χ3v) is 4.37. The fourth-order valence-corrected chi connectivity index (χ4v) is 2.62. The Kier molecular flexibility index (Phi) is 12.1. The van der Waals surface area contributed by atoms with Crippen LogP contribution in [-0.4, -0.2) is 42.6 Å². The number of rotatable bonds is 13. The molecule has 0 unspecified atom stereocenters. The van der Waals surface area contributed by atoms with Gasteiger partial charge in [-0.1, -0.05) is 33.8 Å². The molecule has 0 aliphatic carbocycles. The number of hydrogen-bond donors (Lipinski definition) is 1. The van der Waals surface area contributed by atoms with Gasteiger partial charge in [0.05, 0.1) is 5.92 Å². The molecule has 0 bridgehead atoms. The van der Waals surface area contributed by atoms with Crippen LogP contribution in [0.4, 0.5) is 0 Å². The van der Waals surface area contributed by atoms with Gasteiger partial charge in [0.15, 0.2) is 11.5 Å². The number of nitrogens with two attached hydrogens (primary N) is 1. The summed E-state index contributed by atoms with van der Waals surface area (Å²) in [5.41, 5.74) is 6.57. The Bertz CT molecular complexity index is 821. The van der Waals surface area contributed by atoms with Crippen LogP contribution in [0.3, 0.4) is 0 Å². The van der Waals surface area contributed by atoms with E-state index in [1.807, 2.05) is 13.8 Å². The second-order valence-electron chi connectivity index (χ2n) is 8.07. The van der Waals surface area contributed by atoms with Crippen molar-refractivity contribution in [3.05, 3.63) is 23.8 Å². The number of esters is 4. The van der Waals surface area contributed by atoms with Gasteiger partial charge < -0.3 is 24.7 Å². The highest BCUT2D eigenvalue weighted by molar-refractivity contribution is 5.77. The number of ether oxygens (including phenoxy) is 4. The summed E-state index contributed by atoms with van der Waals surface area (Å²) in [5, 5.41) is 0. The molecule has 0 saturated heterocycles. The molecule has 0 fully saturated rings. The molecule has 9 nitrogen and oxygen atoms in total. The maximum absolute atomic E-state index is 12.3. The van der Waals surface area contributed by atoms with Crippen LogP contribution in [0.2, 0.25) is 0 Å². The van der Waals surface area contributed by atoms with Crippen LogP contribution in [0.1, 0.15) is 65.9 Å². The van der Waals surface area contributed by atoms with Gasteiger partial charge in [-0.25, -0.2) is 0 Å². The lowest BCUT2D eigenvalue weighted by atomic mass is 10.1. The topological polar surface area (TPSA) is 131 Å². The van der Waals surface area contributed by atoms with Crippen molar-refractivity contribution in [1.29, 1.82) is 0 Å². The van der Waals surface area contributed by atoms with Crippen molar-refractivity contribution in [3.63, 3.8) is 0 Å². The average Bonchev–Trinajstić information content (AvgIpc) is 2.73. The average molecular weight is 466 g/mol. The summed E-state index contributed by atoms with van der Waals surface area (Å²) in [7, 11) is 0. The zero-order valence-electron chi connectivity index (χ0n) is 20.1. The monoisotopic (exact) mass is 465 g/mol. The molecule has 0 saturated carbocycles. The molecule has 0 spiro atoms. The van der Waals surface area contributed by atoms with Gasteiger partial charge in [-0.3, -0.25) is 19.2 Å². The quantitative estimate of drug-likeness (QED) is 0.345. The highest BCUT2D eigenvalue weighted by Gasteiger charge is 2.21. The normalized spacial score (nSPS) is 12.6. The maximum Gasteiger partial charge on any atom is 0.323 e. The number of hydrogen-bond acceptors (Lipinski definition) is 9. The molecule has 0 heterocycles. The minimum atomic E-state index is -0.999. The van der Waals surface area contributed by atoms with Crippen molar-refractivity contribution in [2.45, 2.75) is 78.9 Å². The van der Waals surface area contributed by atoms with Crippen molar-refractivity contribution in [2.24, 2.45) is 11.7 Å². The molecule has 0 aromatic heterocycles. The van der Waals surface area contributed by atoms with Crippen molar-refractivity contribution in [3.8, 4) is 11.5 Å². The van der Waals surface area contributed by atoms with Gasteiger partial charge in [-0.05, 0) is 43.9 Å². The highest BCUT2D eigenvalue weighted by Crippen LogP contribution is 2.30. The smallest absolute Gasteiger partial charge is 0.323 e. The summed E-state index contributed by atoms with van der Waals surface area (Å²) in [6.45, 7) is 8.64. The minimum Gasteiger partial charge on any atom is -0.462 e. The van der Waals surface area contributed by atoms with E-state index in [4.69, 9.17) is 24.7 Å². The van der Waals surface area contributed by atoms with Crippen LogP contribution in [0, 0.1) is 5.92 Å². The lowest BCUT2D eigenvalue weighted by Crippen LogP contribution is -2.37. The van der Waals surface area contributed by atoms with Gasteiger partial charge in [0.1, 0.15) is 18.8 Å². The molecule has 1 rings (SSSR count). The van der Waals surface area contributed by atoms with E-state index >= 15 is 0 Å². The van der Waals surface area contributed by atoms with E-state index in [0.717, 1.165) is 0 Å². The Balaban J connectivity index is 2.83. The molecule has 0 aliphatic rings. The van der Waals surface area contributed by atoms with Gasteiger partial charge in [-0.2, -0.15) is 0 Å². The summed E-state index contributed by atoms with van der Waals surface area (Å²) in [6, 6.07) is 3.65. The lowest BCUT2D eigenvalue weighted by molar-refractivity contribution is -0.160. The first-order valence-electron chi connectivity index (χ1n) is 11.2. The lowest BCUT2D eigenvalue weighted by Gasteiger charge is -2.18. The molecule has 33 heavy (non-hydrogen) atoms. The summed E-state index contributed by atoms with van der Waals surface area (Å²) < 4.78 is 21.0. The minimum absolute atomic E-state index is 0.0647. The third-order valence-electron chi connectivity index (χ3n) is 4.37. The fourth-order valence-electron chi connectivity index (χ4n) is 2.62. The van der Waals surface area contributed by atoms with Crippen molar-refractivity contribution in [2.75, 3.05) is 6.61 Å². The van der Waals surface area contributed by atoms with E-state index in [1.54, 1.807) is 26.8 Å². The Morgan fingerprint density at radius 3 is 2.00 bits per heavy atom. The second-order valence-corrected chi connectivity index (χ2v) is 8.07. The Labute approximate surface area is 194 Å². The number of benzene rings is 1. The van der Waals surface area contributed by atoms with E-state index in [-0.39, 0.29) is 49.3 Å². The zero-order valence-corrected chi connectivity index (χ0v) is 20.1. The molecule has 9 heteroatoms. The predicted octanol–water partition coefficient (Wildman–Crippen LogP) is 3.10. The standard InChI is InChI=1S/C24H35NO8/c1-6-8-21(26)32-19-11-10-17(13-20(19)33-22(27)9-7-2)12-18(25)24(29)31-16(5)14-30-23(28)15(3)4/h10-11,13,15-16,18H,6-9,12,14,25H2,1-5H3/t16-,18-/m0/s1.